The zero-order chi connectivity index (χ0) is 9.68. The van der Waals surface area contributed by atoms with Crippen molar-refractivity contribution in [3.8, 4) is 0 Å². The predicted octanol–water partition coefficient (Wildman–Crippen LogP) is 1.57. The largest absolute Gasteiger partial charge is 0.327 e. The third-order valence-electron chi connectivity index (χ3n) is 1.92. The molecule has 0 saturated heterocycles. The number of hydrogen-bond acceptors (Lipinski definition) is 3. The molecule has 0 aliphatic carbocycles. The molecule has 1 atom stereocenters. The van der Waals surface area contributed by atoms with E-state index in [-0.39, 0.29) is 6.04 Å². The number of nitrogens with zero attached hydrogens (tertiary/aromatic N) is 1. The standard InChI is InChI=1S/C10H18N2S/c1-9(11)8-12(2)6-5-10-4-3-7-13-10/h3-4,7,9H,5-6,8,11H2,1-2H3. The second-order valence-corrected chi connectivity index (χ2v) is 4.60. The van der Waals surface area contributed by atoms with Crippen LogP contribution in [-0.4, -0.2) is 31.1 Å². The average molecular weight is 198 g/mol. The summed E-state index contributed by atoms with van der Waals surface area (Å²) in [6.07, 6.45) is 1.14. The number of hydrogen-bond donors (Lipinski definition) is 1. The third-order valence-corrected chi connectivity index (χ3v) is 2.86. The molecule has 0 aliphatic heterocycles. The molecule has 0 fully saturated rings. The van der Waals surface area contributed by atoms with Crippen LogP contribution in [0.5, 0.6) is 0 Å². The van der Waals surface area contributed by atoms with Crippen molar-refractivity contribution in [2.24, 2.45) is 5.73 Å². The summed E-state index contributed by atoms with van der Waals surface area (Å²) in [5.41, 5.74) is 5.70. The van der Waals surface area contributed by atoms with E-state index in [2.05, 4.69) is 29.5 Å². The molecule has 0 aromatic carbocycles. The van der Waals surface area contributed by atoms with E-state index in [0.717, 1.165) is 19.5 Å². The fraction of sp³-hybridized carbons (Fsp3) is 0.600. The lowest BCUT2D eigenvalue weighted by atomic mass is 10.3. The molecule has 0 amide bonds. The molecule has 2 N–H and O–H groups in total. The van der Waals surface area contributed by atoms with Gasteiger partial charge in [0.1, 0.15) is 0 Å². The zero-order valence-electron chi connectivity index (χ0n) is 8.36. The van der Waals surface area contributed by atoms with E-state index in [9.17, 15) is 0 Å². The summed E-state index contributed by atoms with van der Waals surface area (Å²) in [5.74, 6) is 0. The number of nitrogens with two attached hydrogens (primary N) is 1. The number of rotatable bonds is 5. The Balaban J connectivity index is 2.19. The van der Waals surface area contributed by atoms with E-state index in [1.165, 1.54) is 4.88 Å². The molecule has 13 heavy (non-hydrogen) atoms. The van der Waals surface area contributed by atoms with Crippen LogP contribution in [0.2, 0.25) is 0 Å². The van der Waals surface area contributed by atoms with Crippen LogP contribution in [0.15, 0.2) is 17.5 Å². The minimum atomic E-state index is 0.272. The average Bonchev–Trinajstić information content (AvgIpc) is 2.51. The summed E-state index contributed by atoms with van der Waals surface area (Å²) in [4.78, 5) is 3.74. The fourth-order valence-corrected chi connectivity index (χ4v) is 2.04. The van der Waals surface area contributed by atoms with E-state index in [1.54, 1.807) is 0 Å². The number of likely N-dealkylation sites (N-methyl/N-ethyl adjacent to an activating group) is 1. The van der Waals surface area contributed by atoms with Crippen LogP contribution >= 0.6 is 11.3 Å². The Morgan fingerprint density at radius 2 is 2.38 bits per heavy atom. The molecule has 1 aromatic heterocycles. The lowest BCUT2D eigenvalue weighted by Crippen LogP contribution is -2.33. The minimum Gasteiger partial charge on any atom is -0.327 e. The summed E-state index contributed by atoms with van der Waals surface area (Å²) >= 11 is 1.83. The molecule has 0 aliphatic rings. The van der Waals surface area contributed by atoms with Gasteiger partial charge in [-0.1, -0.05) is 6.07 Å². The Hall–Kier alpha value is -0.380. The zero-order valence-corrected chi connectivity index (χ0v) is 9.18. The Labute approximate surface area is 84.4 Å². The van der Waals surface area contributed by atoms with Gasteiger partial charge in [-0.05, 0) is 31.8 Å². The maximum absolute atomic E-state index is 5.70. The van der Waals surface area contributed by atoms with Crippen molar-refractivity contribution in [3.63, 3.8) is 0 Å². The molecule has 0 bridgehead atoms. The monoisotopic (exact) mass is 198 g/mol. The van der Waals surface area contributed by atoms with Crippen LogP contribution in [0.3, 0.4) is 0 Å². The minimum absolute atomic E-state index is 0.272. The van der Waals surface area contributed by atoms with Crippen molar-refractivity contribution < 1.29 is 0 Å². The number of thiophene rings is 1. The highest BCUT2D eigenvalue weighted by Gasteiger charge is 2.02. The van der Waals surface area contributed by atoms with Crippen molar-refractivity contribution in [1.82, 2.24) is 4.90 Å². The van der Waals surface area contributed by atoms with E-state index in [0.29, 0.717) is 0 Å². The topological polar surface area (TPSA) is 29.3 Å². The van der Waals surface area contributed by atoms with Gasteiger partial charge in [-0.25, -0.2) is 0 Å². The van der Waals surface area contributed by atoms with Gasteiger partial charge < -0.3 is 10.6 Å². The lowest BCUT2D eigenvalue weighted by Gasteiger charge is -2.18. The highest BCUT2D eigenvalue weighted by atomic mass is 32.1. The van der Waals surface area contributed by atoms with Gasteiger partial charge in [0, 0.05) is 24.0 Å². The highest BCUT2D eigenvalue weighted by Crippen LogP contribution is 2.09. The lowest BCUT2D eigenvalue weighted by molar-refractivity contribution is 0.322. The first-order chi connectivity index (χ1) is 6.18. The normalized spacial score (nSPS) is 13.5. The molecular formula is C10H18N2S. The van der Waals surface area contributed by atoms with E-state index >= 15 is 0 Å². The van der Waals surface area contributed by atoms with Crippen molar-refractivity contribution >= 4 is 11.3 Å². The van der Waals surface area contributed by atoms with Gasteiger partial charge in [-0.15, -0.1) is 11.3 Å². The fourth-order valence-electron chi connectivity index (χ4n) is 1.34. The first-order valence-electron chi connectivity index (χ1n) is 4.65. The molecule has 2 nitrogen and oxygen atoms in total. The van der Waals surface area contributed by atoms with Crippen LogP contribution in [0.1, 0.15) is 11.8 Å². The van der Waals surface area contributed by atoms with Gasteiger partial charge in [0.2, 0.25) is 0 Å². The van der Waals surface area contributed by atoms with Crippen LogP contribution < -0.4 is 5.73 Å². The maximum atomic E-state index is 5.70. The van der Waals surface area contributed by atoms with Gasteiger partial charge >= 0.3 is 0 Å². The van der Waals surface area contributed by atoms with Crippen LogP contribution in [0, 0.1) is 0 Å². The van der Waals surface area contributed by atoms with E-state index in [4.69, 9.17) is 5.73 Å². The molecule has 1 rings (SSSR count). The van der Waals surface area contributed by atoms with Gasteiger partial charge in [0.15, 0.2) is 0 Å². The summed E-state index contributed by atoms with van der Waals surface area (Å²) in [6.45, 7) is 4.12. The molecular weight excluding hydrogens is 180 g/mol. The highest BCUT2D eigenvalue weighted by molar-refractivity contribution is 7.09. The Morgan fingerprint density at radius 1 is 1.62 bits per heavy atom. The summed E-state index contributed by atoms with van der Waals surface area (Å²) in [7, 11) is 2.12. The summed E-state index contributed by atoms with van der Waals surface area (Å²) in [6, 6.07) is 4.56. The second-order valence-electron chi connectivity index (χ2n) is 3.57. The SMILES string of the molecule is CC(N)CN(C)CCc1cccs1. The summed E-state index contributed by atoms with van der Waals surface area (Å²) in [5, 5.41) is 2.13. The maximum Gasteiger partial charge on any atom is 0.0139 e. The van der Waals surface area contributed by atoms with Crippen LogP contribution in [0.25, 0.3) is 0 Å². The van der Waals surface area contributed by atoms with Crippen LogP contribution in [-0.2, 0) is 6.42 Å². The molecule has 1 heterocycles. The van der Waals surface area contributed by atoms with Gasteiger partial charge in [0.25, 0.3) is 0 Å². The first kappa shape index (κ1) is 10.7. The second kappa shape index (κ2) is 5.37. The first-order valence-corrected chi connectivity index (χ1v) is 5.53. The molecule has 3 heteroatoms. The molecule has 1 aromatic rings. The summed E-state index contributed by atoms with van der Waals surface area (Å²) < 4.78 is 0. The molecule has 74 valence electrons. The molecule has 0 radical (unpaired) electrons. The Morgan fingerprint density at radius 3 is 2.92 bits per heavy atom. The Kier molecular flexibility index (Phi) is 4.42. The molecule has 0 spiro atoms. The molecule has 1 unspecified atom stereocenters. The van der Waals surface area contributed by atoms with Crippen molar-refractivity contribution in [2.75, 3.05) is 20.1 Å². The van der Waals surface area contributed by atoms with Crippen molar-refractivity contribution in [2.45, 2.75) is 19.4 Å². The third kappa shape index (κ3) is 4.41. The van der Waals surface area contributed by atoms with Crippen molar-refractivity contribution in [3.05, 3.63) is 22.4 Å². The smallest absolute Gasteiger partial charge is 0.0139 e. The van der Waals surface area contributed by atoms with Gasteiger partial charge in [-0.2, -0.15) is 0 Å². The van der Waals surface area contributed by atoms with Gasteiger partial charge in [-0.3, -0.25) is 0 Å². The predicted molar refractivity (Wildman–Crippen MR) is 59.2 cm³/mol. The van der Waals surface area contributed by atoms with E-state index in [1.807, 2.05) is 18.3 Å². The Bertz CT molecular complexity index is 219. The van der Waals surface area contributed by atoms with E-state index < -0.39 is 0 Å². The molecule has 0 saturated carbocycles. The van der Waals surface area contributed by atoms with Crippen LogP contribution in [0.4, 0.5) is 0 Å². The quantitative estimate of drug-likeness (QED) is 0.778. The van der Waals surface area contributed by atoms with Gasteiger partial charge in [0.05, 0.1) is 0 Å². The van der Waals surface area contributed by atoms with Crippen molar-refractivity contribution in [1.29, 1.82) is 0 Å².